The van der Waals surface area contributed by atoms with Gasteiger partial charge in [0.1, 0.15) is 5.52 Å². The maximum atomic E-state index is 6.00. The Morgan fingerprint density at radius 3 is 2.89 bits per heavy atom. The van der Waals surface area contributed by atoms with E-state index in [1.165, 1.54) is 0 Å². The third-order valence-electron chi connectivity index (χ3n) is 2.73. The van der Waals surface area contributed by atoms with Gasteiger partial charge in [0.15, 0.2) is 5.65 Å². The first-order valence-electron chi connectivity index (χ1n) is 5.51. The highest BCUT2D eigenvalue weighted by Gasteiger charge is 2.11. The molecule has 4 nitrogen and oxygen atoms in total. The van der Waals surface area contributed by atoms with Crippen LogP contribution >= 0.6 is 11.6 Å². The summed E-state index contributed by atoms with van der Waals surface area (Å²) in [5.41, 5.74) is 9.39. The molecule has 2 N–H and O–H groups in total. The van der Waals surface area contributed by atoms with Gasteiger partial charge in [0.25, 0.3) is 0 Å². The number of rotatable bonds is 1. The van der Waals surface area contributed by atoms with Gasteiger partial charge in [-0.15, -0.1) is 0 Å². The molecule has 0 aliphatic rings. The van der Waals surface area contributed by atoms with Crippen LogP contribution in [-0.2, 0) is 0 Å². The number of benzene rings is 1. The highest BCUT2D eigenvalue weighted by atomic mass is 35.5. The fraction of sp³-hybridized carbons (Fsp3) is 0.0769. The molecule has 90 valence electrons. The average Bonchev–Trinajstić information content (AvgIpc) is 2.64. The van der Waals surface area contributed by atoms with Crippen LogP contribution in [0.2, 0.25) is 5.02 Å². The molecule has 2 heterocycles. The van der Waals surface area contributed by atoms with Crippen molar-refractivity contribution >= 4 is 28.7 Å². The molecule has 1 aromatic carbocycles. The summed E-state index contributed by atoms with van der Waals surface area (Å²) in [4.78, 5) is 8.70. The van der Waals surface area contributed by atoms with E-state index in [1.807, 2.05) is 37.3 Å². The molecule has 3 aromatic rings. The highest BCUT2D eigenvalue weighted by molar-refractivity contribution is 6.30. The van der Waals surface area contributed by atoms with Crippen LogP contribution < -0.4 is 5.73 Å². The largest absolute Gasteiger partial charge is 0.369 e. The third kappa shape index (κ3) is 1.71. The van der Waals surface area contributed by atoms with E-state index in [1.54, 1.807) is 10.8 Å². The van der Waals surface area contributed by atoms with Gasteiger partial charge in [0.2, 0.25) is 5.95 Å². The number of aromatic nitrogens is 3. The molecule has 2 aromatic heterocycles. The normalized spacial score (nSPS) is 11.0. The minimum absolute atomic E-state index is 0.408. The number of anilines is 1. The lowest BCUT2D eigenvalue weighted by atomic mass is 10.3. The van der Waals surface area contributed by atoms with Gasteiger partial charge in [0.05, 0.1) is 5.69 Å². The number of nitrogens with two attached hydrogens (primary N) is 1. The number of halogens is 1. The summed E-state index contributed by atoms with van der Waals surface area (Å²) in [7, 11) is 0. The van der Waals surface area contributed by atoms with Gasteiger partial charge in [-0.25, -0.2) is 9.97 Å². The van der Waals surface area contributed by atoms with Crippen molar-refractivity contribution in [2.24, 2.45) is 0 Å². The summed E-state index contributed by atoms with van der Waals surface area (Å²) in [6.07, 6.45) is 1.80. The van der Waals surface area contributed by atoms with E-state index in [2.05, 4.69) is 9.97 Å². The highest BCUT2D eigenvalue weighted by Crippen LogP contribution is 2.23. The number of nitrogens with zero attached hydrogens (tertiary/aromatic N) is 3. The molecule has 3 rings (SSSR count). The van der Waals surface area contributed by atoms with Crippen molar-refractivity contribution < 1.29 is 0 Å². The van der Waals surface area contributed by atoms with Gasteiger partial charge in [-0.2, -0.15) is 0 Å². The Morgan fingerprint density at radius 2 is 2.11 bits per heavy atom. The zero-order valence-electron chi connectivity index (χ0n) is 9.76. The summed E-state index contributed by atoms with van der Waals surface area (Å²) in [5, 5.41) is 0.654. The van der Waals surface area contributed by atoms with Gasteiger partial charge in [-0.1, -0.05) is 17.7 Å². The lowest BCUT2D eigenvalue weighted by Gasteiger charge is -2.05. The summed E-state index contributed by atoms with van der Waals surface area (Å²) in [5.74, 6) is 0.408. The zero-order chi connectivity index (χ0) is 12.7. The number of pyridine rings is 1. The van der Waals surface area contributed by atoms with Crippen molar-refractivity contribution in [2.75, 3.05) is 5.73 Å². The molecule has 0 radical (unpaired) electrons. The number of aryl methyl sites for hydroxylation is 1. The van der Waals surface area contributed by atoms with Gasteiger partial charge in [-0.05, 0) is 36.8 Å². The zero-order valence-corrected chi connectivity index (χ0v) is 10.5. The second kappa shape index (κ2) is 3.99. The monoisotopic (exact) mass is 258 g/mol. The molecular weight excluding hydrogens is 248 g/mol. The molecule has 0 bridgehead atoms. The molecule has 0 saturated heterocycles. The lowest BCUT2D eigenvalue weighted by Crippen LogP contribution is -2.01. The first-order chi connectivity index (χ1) is 8.65. The van der Waals surface area contributed by atoms with Crippen LogP contribution in [0.3, 0.4) is 0 Å². The Kier molecular flexibility index (Phi) is 2.45. The van der Waals surface area contributed by atoms with Crippen LogP contribution in [-0.4, -0.2) is 14.5 Å². The molecule has 18 heavy (non-hydrogen) atoms. The maximum absolute atomic E-state index is 6.00. The number of imidazole rings is 1. The maximum Gasteiger partial charge on any atom is 0.207 e. The molecule has 0 aliphatic carbocycles. The van der Waals surface area contributed by atoms with Gasteiger partial charge >= 0.3 is 0 Å². The van der Waals surface area contributed by atoms with E-state index in [0.717, 1.165) is 22.4 Å². The van der Waals surface area contributed by atoms with Crippen LogP contribution in [0.25, 0.3) is 16.9 Å². The molecule has 0 unspecified atom stereocenters. The molecule has 0 atom stereocenters. The Balaban J connectivity index is 2.32. The predicted molar refractivity (Wildman–Crippen MR) is 73.0 cm³/mol. The van der Waals surface area contributed by atoms with E-state index < -0.39 is 0 Å². The van der Waals surface area contributed by atoms with Crippen LogP contribution in [0, 0.1) is 6.92 Å². The fourth-order valence-corrected chi connectivity index (χ4v) is 2.14. The van der Waals surface area contributed by atoms with Crippen molar-refractivity contribution in [1.82, 2.24) is 14.5 Å². The second-order valence-corrected chi connectivity index (χ2v) is 4.58. The van der Waals surface area contributed by atoms with Crippen LogP contribution in [0.4, 0.5) is 5.95 Å². The Labute approximate surface area is 109 Å². The smallest absolute Gasteiger partial charge is 0.207 e. The van der Waals surface area contributed by atoms with Crippen LogP contribution in [0.15, 0.2) is 36.5 Å². The number of fused-ring (bicyclic) bond motifs is 1. The van der Waals surface area contributed by atoms with E-state index in [4.69, 9.17) is 17.3 Å². The molecule has 0 spiro atoms. The Morgan fingerprint density at radius 1 is 1.28 bits per heavy atom. The summed E-state index contributed by atoms with van der Waals surface area (Å²) in [6.45, 7) is 1.97. The molecule has 0 saturated carbocycles. The summed E-state index contributed by atoms with van der Waals surface area (Å²) >= 11 is 6.00. The van der Waals surface area contributed by atoms with E-state index in [0.29, 0.717) is 11.0 Å². The quantitative estimate of drug-likeness (QED) is 0.730. The molecule has 0 amide bonds. The lowest BCUT2D eigenvalue weighted by molar-refractivity contribution is 1.08. The first-order valence-corrected chi connectivity index (χ1v) is 5.89. The van der Waals surface area contributed by atoms with E-state index >= 15 is 0 Å². The van der Waals surface area contributed by atoms with Crippen molar-refractivity contribution in [3.8, 4) is 5.69 Å². The fourth-order valence-electron chi connectivity index (χ4n) is 1.95. The minimum Gasteiger partial charge on any atom is -0.369 e. The van der Waals surface area contributed by atoms with Crippen molar-refractivity contribution in [3.63, 3.8) is 0 Å². The van der Waals surface area contributed by atoms with Crippen molar-refractivity contribution in [2.45, 2.75) is 6.92 Å². The molecular formula is C13H11ClN4. The van der Waals surface area contributed by atoms with Gasteiger partial charge < -0.3 is 5.73 Å². The standard InChI is InChI=1S/C13H11ClN4/c1-8-5-11-12(16-7-8)18(13(15)17-11)10-4-2-3-9(14)6-10/h2-7H,1H3,(H2,15,17). The third-order valence-corrected chi connectivity index (χ3v) is 2.96. The predicted octanol–water partition coefficient (Wildman–Crippen LogP) is 2.96. The molecule has 5 heteroatoms. The SMILES string of the molecule is Cc1cnc2c(c1)nc(N)n2-c1cccc(Cl)c1. The van der Waals surface area contributed by atoms with Crippen LogP contribution in [0.1, 0.15) is 5.56 Å². The number of hydrogen-bond donors (Lipinski definition) is 1. The topological polar surface area (TPSA) is 56.7 Å². The molecule has 0 fully saturated rings. The average molecular weight is 259 g/mol. The second-order valence-electron chi connectivity index (χ2n) is 4.14. The summed E-state index contributed by atoms with van der Waals surface area (Å²) < 4.78 is 1.79. The minimum atomic E-state index is 0.408. The summed E-state index contributed by atoms with van der Waals surface area (Å²) in [6, 6.07) is 9.40. The Hall–Kier alpha value is -2.07. The van der Waals surface area contributed by atoms with Crippen molar-refractivity contribution in [3.05, 3.63) is 47.1 Å². The number of nitrogen functional groups attached to an aromatic ring is 1. The van der Waals surface area contributed by atoms with Gasteiger partial charge in [0, 0.05) is 11.2 Å². The Bertz CT molecular complexity index is 733. The van der Waals surface area contributed by atoms with E-state index in [9.17, 15) is 0 Å². The van der Waals surface area contributed by atoms with Gasteiger partial charge in [-0.3, -0.25) is 4.57 Å². The van der Waals surface area contributed by atoms with E-state index in [-0.39, 0.29) is 0 Å². The first kappa shape index (κ1) is 11.0. The molecule has 0 aliphatic heterocycles. The van der Waals surface area contributed by atoms with Crippen molar-refractivity contribution in [1.29, 1.82) is 0 Å². The number of hydrogen-bond acceptors (Lipinski definition) is 3. The van der Waals surface area contributed by atoms with Crippen LogP contribution in [0.5, 0.6) is 0 Å².